The fourth-order valence-corrected chi connectivity index (χ4v) is 7.55. The summed E-state index contributed by atoms with van der Waals surface area (Å²) in [5.41, 5.74) is 4.35. The highest BCUT2D eigenvalue weighted by molar-refractivity contribution is 7.89. The van der Waals surface area contributed by atoms with E-state index in [9.17, 15) is 22.8 Å². The minimum absolute atomic E-state index is 0.0132. The number of nitrogens with two attached hydrogens (primary N) is 1. The lowest BCUT2D eigenvalue weighted by atomic mass is 9.90. The maximum Gasteiger partial charge on any atom is 0.261 e. The first-order valence-electron chi connectivity index (χ1n) is 11.4. The van der Waals surface area contributed by atoms with Gasteiger partial charge in [-0.25, -0.2) is 8.42 Å². The molecular formula is C24H21Cl3N4O5S. The number of primary amides is 1. The summed E-state index contributed by atoms with van der Waals surface area (Å²) in [6.07, 6.45) is 3.85. The molecular weight excluding hydrogens is 563 g/mol. The Hall–Kier alpha value is -2.37. The maximum atomic E-state index is 14.0. The van der Waals surface area contributed by atoms with Crippen molar-refractivity contribution >= 4 is 62.5 Å². The first-order valence-corrected chi connectivity index (χ1v) is 13.9. The zero-order valence-electron chi connectivity index (χ0n) is 19.2. The predicted molar refractivity (Wildman–Crippen MR) is 136 cm³/mol. The second-order valence-corrected chi connectivity index (χ2v) is 12.3. The van der Waals surface area contributed by atoms with Crippen LogP contribution in [0, 0.1) is 6.42 Å². The van der Waals surface area contributed by atoms with Gasteiger partial charge in [0.05, 0.1) is 18.0 Å². The molecule has 2 radical (unpaired) electrons. The number of carbonyl (C=O) groups excluding carboxylic acids is 3. The number of hydrogen-bond acceptors (Lipinski definition) is 5. The van der Waals surface area contributed by atoms with Crippen LogP contribution in [0.25, 0.3) is 0 Å². The van der Waals surface area contributed by atoms with Crippen molar-refractivity contribution in [1.29, 1.82) is 0 Å². The lowest BCUT2D eigenvalue weighted by molar-refractivity contribution is -0.181. The number of amides is 3. The number of piperazine rings is 1. The molecule has 13 heteroatoms. The topological polar surface area (TPSA) is 121 Å². The summed E-state index contributed by atoms with van der Waals surface area (Å²) in [4.78, 5) is 42.4. The van der Waals surface area contributed by atoms with E-state index < -0.39 is 52.5 Å². The lowest BCUT2D eigenvalue weighted by Gasteiger charge is -2.57. The molecule has 0 spiro atoms. The van der Waals surface area contributed by atoms with E-state index in [1.807, 2.05) is 0 Å². The highest BCUT2D eigenvalue weighted by atomic mass is 35.5. The third-order valence-corrected chi connectivity index (χ3v) is 9.65. The number of carbonyl (C=O) groups is 3. The van der Waals surface area contributed by atoms with E-state index in [4.69, 9.17) is 40.5 Å². The number of halogens is 3. The average molecular weight is 584 g/mol. The third-order valence-electron chi connectivity index (χ3n) is 6.84. The number of sulfonamides is 1. The van der Waals surface area contributed by atoms with E-state index in [0.717, 1.165) is 9.21 Å². The minimum Gasteiger partial charge on any atom is -0.366 e. The number of nitrogens with zero attached hydrogens (tertiary/aromatic N) is 3. The van der Waals surface area contributed by atoms with Crippen molar-refractivity contribution in [3.8, 4) is 0 Å². The molecule has 194 valence electrons. The van der Waals surface area contributed by atoms with Crippen LogP contribution in [0.3, 0.4) is 0 Å². The van der Waals surface area contributed by atoms with E-state index in [2.05, 4.69) is 6.42 Å². The van der Waals surface area contributed by atoms with Crippen molar-refractivity contribution in [3.05, 3.63) is 69.5 Å². The molecule has 2 atom stereocenters. The van der Waals surface area contributed by atoms with Gasteiger partial charge in [0.25, 0.3) is 5.91 Å². The molecule has 3 amide bonds. The van der Waals surface area contributed by atoms with Gasteiger partial charge in [0, 0.05) is 29.1 Å². The van der Waals surface area contributed by atoms with Gasteiger partial charge in [-0.2, -0.15) is 4.31 Å². The van der Waals surface area contributed by atoms with Crippen molar-refractivity contribution in [2.24, 2.45) is 5.73 Å². The van der Waals surface area contributed by atoms with Crippen molar-refractivity contribution in [1.82, 2.24) is 14.1 Å². The first-order chi connectivity index (χ1) is 17.5. The second kappa shape index (κ2) is 9.43. The van der Waals surface area contributed by atoms with Gasteiger partial charge >= 0.3 is 0 Å². The van der Waals surface area contributed by atoms with Crippen LogP contribution in [0.2, 0.25) is 15.1 Å². The van der Waals surface area contributed by atoms with E-state index in [1.54, 1.807) is 24.3 Å². The molecule has 5 rings (SSSR count). The zero-order chi connectivity index (χ0) is 26.7. The van der Waals surface area contributed by atoms with Gasteiger partial charge in [0.2, 0.25) is 27.5 Å². The molecule has 1 saturated carbocycles. The monoisotopic (exact) mass is 582 g/mol. The van der Waals surface area contributed by atoms with Crippen LogP contribution in [-0.4, -0.2) is 71.1 Å². The molecule has 3 fully saturated rings. The standard InChI is InChI=1S/C24H21Cl3N4O5S/c25-15-3-1-2-14(10-15)11-19-22(33)29(17-5-6-17)13-24(23(28)34)30(9-8-21(32)31(19)24)37(35,36)20-7-4-16(26)12-18(20)27/h1-4,7,10,12,17,19H,5-6,9,11,13H2,(H2,28,34). The van der Waals surface area contributed by atoms with Crippen molar-refractivity contribution in [2.45, 2.75) is 41.9 Å². The van der Waals surface area contributed by atoms with Crippen LogP contribution in [0.5, 0.6) is 0 Å². The third kappa shape index (κ3) is 4.38. The Bertz CT molecular complexity index is 1420. The Kier molecular flexibility index (Phi) is 6.69. The minimum atomic E-state index is -4.53. The summed E-state index contributed by atoms with van der Waals surface area (Å²) in [5, 5.41) is 0.467. The zero-order valence-corrected chi connectivity index (χ0v) is 22.3. The second-order valence-electron chi connectivity index (χ2n) is 9.17. The molecule has 2 aliphatic heterocycles. The van der Waals surface area contributed by atoms with E-state index >= 15 is 0 Å². The van der Waals surface area contributed by atoms with Crippen LogP contribution in [0.1, 0.15) is 18.4 Å². The molecule has 2 saturated heterocycles. The Morgan fingerprint density at radius 1 is 1.08 bits per heavy atom. The van der Waals surface area contributed by atoms with Gasteiger partial charge in [0.15, 0.2) is 0 Å². The summed E-state index contributed by atoms with van der Waals surface area (Å²) in [7, 11) is -4.53. The fourth-order valence-electron chi connectivity index (χ4n) is 4.98. The van der Waals surface area contributed by atoms with Gasteiger partial charge in [-0.3, -0.25) is 14.4 Å². The van der Waals surface area contributed by atoms with Crippen molar-refractivity contribution < 1.29 is 22.8 Å². The SMILES string of the molecule is NC(=O)C12CN(C3CC3)C(=O)C(Cc3cccc(Cl)c3)N1C(=O)[C]CN2S(=O)(=O)c1ccc(Cl)cc1Cl. The number of benzene rings is 2. The van der Waals surface area contributed by atoms with Gasteiger partial charge in [-0.1, -0.05) is 46.9 Å². The molecule has 0 aromatic heterocycles. The highest BCUT2D eigenvalue weighted by Crippen LogP contribution is 2.43. The van der Waals surface area contributed by atoms with Gasteiger partial charge in [0.1, 0.15) is 10.9 Å². The molecule has 2 N–H and O–H groups in total. The Balaban J connectivity index is 1.68. The number of rotatable bonds is 6. The van der Waals surface area contributed by atoms with Crippen LogP contribution < -0.4 is 5.73 Å². The van der Waals surface area contributed by atoms with Crippen LogP contribution >= 0.6 is 34.8 Å². The molecule has 2 heterocycles. The normalized spacial score (nSPS) is 24.8. The summed E-state index contributed by atoms with van der Waals surface area (Å²) >= 11 is 18.3. The first kappa shape index (κ1) is 26.2. The molecule has 2 aromatic carbocycles. The van der Waals surface area contributed by atoms with Crippen molar-refractivity contribution in [2.75, 3.05) is 13.1 Å². The largest absolute Gasteiger partial charge is 0.366 e. The summed E-state index contributed by atoms with van der Waals surface area (Å²) in [5.74, 6) is -2.29. The average Bonchev–Trinajstić information content (AvgIpc) is 3.65. The smallest absolute Gasteiger partial charge is 0.261 e. The molecule has 9 nitrogen and oxygen atoms in total. The Labute approximate surface area is 229 Å². The Morgan fingerprint density at radius 3 is 2.41 bits per heavy atom. The van der Waals surface area contributed by atoms with Crippen molar-refractivity contribution in [3.63, 3.8) is 0 Å². The van der Waals surface area contributed by atoms with E-state index in [1.165, 1.54) is 23.1 Å². The summed E-state index contributed by atoms with van der Waals surface area (Å²) < 4.78 is 28.7. The van der Waals surface area contributed by atoms with Gasteiger partial charge in [-0.15, -0.1) is 0 Å². The van der Waals surface area contributed by atoms with Gasteiger partial charge < -0.3 is 15.5 Å². The summed E-state index contributed by atoms with van der Waals surface area (Å²) in [6, 6.07) is 9.13. The maximum absolute atomic E-state index is 14.0. The lowest BCUT2D eigenvalue weighted by Crippen LogP contribution is -2.83. The molecule has 2 unspecified atom stereocenters. The van der Waals surface area contributed by atoms with E-state index in [-0.39, 0.29) is 27.4 Å². The predicted octanol–water partition coefficient (Wildman–Crippen LogP) is 2.36. The molecule has 3 aliphatic rings. The number of hydrogen-bond donors (Lipinski definition) is 1. The van der Waals surface area contributed by atoms with Crippen LogP contribution in [0.15, 0.2) is 47.4 Å². The molecule has 37 heavy (non-hydrogen) atoms. The molecule has 2 aromatic rings. The quantitative estimate of drug-likeness (QED) is 0.560. The Morgan fingerprint density at radius 2 is 1.78 bits per heavy atom. The highest BCUT2D eigenvalue weighted by Gasteiger charge is 2.65. The summed E-state index contributed by atoms with van der Waals surface area (Å²) in [6.45, 7) is -0.966. The van der Waals surface area contributed by atoms with Crippen LogP contribution in [0.4, 0.5) is 0 Å². The van der Waals surface area contributed by atoms with E-state index in [0.29, 0.717) is 23.4 Å². The number of fused-ring (bicyclic) bond motifs is 1. The molecule has 0 bridgehead atoms. The van der Waals surface area contributed by atoms with Crippen LogP contribution in [-0.2, 0) is 30.8 Å². The molecule has 1 aliphatic carbocycles. The fraction of sp³-hybridized carbons (Fsp3) is 0.333. The van der Waals surface area contributed by atoms with Gasteiger partial charge in [-0.05, 0) is 48.7 Å².